The number of nitrogens with zero attached hydrogens (tertiary/aromatic N) is 5. The third-order valence-electron chi connectivity index (χ3n) is 7.65. The van der Waals surface area contributed by atoms with Crippen LogP contribution in [-0.2, 0) is 27.3 Å². The van der Waals surface area contributed by atoms with Crippen molar-refractivity contribution in [2.75, 3.05) is 44.8 Å². The van der Waals surface area contributed by atoms with Crippen LogP contribution in [0.15, 0.2) is 0 Å². The van der Waals surface area contributed by atoms with Crippen LogP contribution in [0, 0.1) is 17.2 Å². The average Bonchev–Trinajstić information content (AvgIpc) is 3.73. The van der Waals surface area contributed by atoms with E-state index in [1.807, 2.05) is 9.80 Å². The Bertz CT molecular complexity index is 995. The minimum Gasteiger partial charge on any atom is -0.384 e. The van der Waals surface area contributed by atoms with Gasteiger partial charge in [-0.3, -0.25) is 9.59 Å². The van der Waals surface area contributed by atoms with Gasteiger partial charge in [-0.2, -0.15) is 5.26 Å². The first kappa shape index (κ1) is 22.1. The molecule has 2 saturated carbocycles. The van der Waals surface area contributed by atoms with Crippen molar-refractivity contribution in [1.82, 2.24) is 14.8 Å². The van der Waals surface area contributed by atoms with Crippen LogP contribution in [0.25, 0.3) is 0 Å². The lowest BCUT2D eigenvalue weighted by molar-refractivity contribution is -0.135. The number of hydrogen-bond acceptors (Lipinski definition) is 6. The van der Waals surface area contributed by atoms with E-state index in [1.54, 1.807) is 14.0 Å². The Morgan fingerprint density at radius 3 is 2.58 bits per heavy atom. The molecule has 1 saturated heterocycles. The first-order chi connectivity index (χ1) is 16.0. The van der Waals surface area contributed by atoms with E-state index in [0.717, 1.165) is 54.9 Å². The van der Waals surface area contributed by atoms with Crippen molar-refractivity contribution in [3.05, 3.63) is 22.4 Å². The van der Waals surface area contributed by atoms with Gasteiger partial charge in [-0.15, -0.1) is 0 Å². The number of ether oxygens (including phenoxy) is 1. The number of carbonyl (C=O) groups excluding carboxylic acids is 2. The van der Waals surface area contributed by atoms with Crippen molar-refractivity contribution < 1.29 is 14.3 Å². The zero-order valence-electron chi connectivity index (χ0n) is 19.7. The van der Waals surface area contributed by atoms with Gasteiger partial charge in [0.2, 0.25) is 11.8 Å². The lowest BCUT2D eigenvalue weighted by atomic mass is 9.92. The third-order valence-corrected chi connectivity index (χ3v) is 7.65. The highest BCUT2D eigenvalue weighted by Crippen LogP contribution is 2.45. The first-order valence-electron chi connectivity index (χ1n) is 12.3. The summed E-state index contributed by atoms with van der Waals surface area (Å²) in [6.07, 6.45) is 5.68. The van der Waals surface area contributed by atoms with Crippen LogP contribution in [0.5, 0.6) is 0 Å². The van der Waals surface area contributed by atoms with Crippen molar-refractivity contribution in [2.45, 2.75) is 64.0 Å². The number of fused-ring (bicyclic) bond motifs is 1. The number of rotatable bonds is 6. The van der Waals surface area contributed by atoms with E-state index in [0.29, 0.717) is 63.0 Å². The quantitative estimate of drug-likeness (QED) is 0.659. The largest absolute Gasteiger partial charge is 0.384 e. The van der Waals surface area contributed by atoms with E-state index in [4.69, 9.17) is 9.72 Å². The zero-order valence-corrected chi connectivity index (χ0v) is 19.7. The van der Waals surface area contributed by atoms with Gasteiger partial charge in [-0.1, -0.05) is 0 Å². The average molecular weight is 452 g/mol. The van der Waals surface area contributed by atoms with Crippen molar-refractivity contribution in [3.63, 3.8) is 0 Å². The Morgan fingerprint density at radius 2 is 1.94 bits per heavy atom. The molecular formula is C25H33N5O3. The molecule has 2 amide bonds. The van der Waals surface area contributed by atoms with Gasteiger partial charge in [-0.05, 0) is 49.1 Å². The SMILES string of the molecule is COCCC(=O)N1CCN(c2nc(C3CC3)c3c(c2C#N)CCN(C(C)=O)C3)C[C@H]1C1CC1. The molecule has 8 nitrogen and oxygen atoms in total. The molecule has 0 unspecified atom stereocenters. The summed E-state index contributed by atoms with van der Waals surface area (Å²) in [5, 5.41) is 10.2. The maximum absolute atomic E-state index is 12.8. The molecule has 3 heterocycles. The highest BCUT2D eigenvalue weighted by atomic mass is 16.5. The Kier molecular flexibility index (Phi) is 6.00. The Balaban J connectivity index is 1.46. The fourth-order valence-corrected chi connectivity index (χ4v) is 5.49. The lowest BCUT2D eigenvalue weighted by Crippen LogP contribution is -2.56. The summed E-state index contributed by atoms with van der Waals surface area (Å²) in [6.45, 7) is 5.34. The maximum atomic E-state index is 12.8. The van der Waals surface area contributed by atoms with E-state index in [2.05, 4.69) is 11.0 Å². The number of amides is 2. The van der Waals surface area contributed by atoms with E-state index < -0.39 is 0 Å². The van der Waals surface area contributed by atoms with Crippen LogP contribution in [0.2, 0.25) is 0 Å². The minimum atomic E-state index is 0.0755. The number of nitriles is 1. The van der Waals surface area contributed by atoms with Crippen LogP contribution in [0.4, 0.5) is 5.82 Å². The molecule has 0 N–H and O–H groups in total. The lowest BCUT2D eigenvalue weighted by Gasteiger charge is -2.43. The number of anilines is 1. The van der Waals surface area contributed by atoms with Crippen LogP contribution in [-0.4, -0.2) is 72.5 Å². The maximum Gasteiger partial charge on any atom is 0.225 e. The molecule has 0 radical (unpaired) electrons. The fraction of sp³-hybridized carbons (Fsp3) is 0.680. The smallest absolute Gasteiger partial charge is 0.225 e. The van der Waals surface area contributed by atoms with Crippen molar-refractivity contribution in [1.29, 1.82) is 5.26 Å². The third kappa shape index (κ3) is 4.31. The number of piperazine rings is 1. The molecule has 2 aliphatic carbocycles. The molecule has 2 aliphatic heterocycles. The van der Waals surface area contributed by atoms with Crippen molar-refractivity contribution in [2.24, 2.45) is 5.92 Å². The van der Waals surface area contributed by atoms with Crippen LogP contribution < -0.4 is 4.90 Å². The number of pyridine rings is 1. The second-order valence-electron chi connectivity index (χ2n) is 9.91. The van der Waals surface area contributed by atoms with E-state index in [9.17, 15) is 14.9 Å². The summed E-state index contributed by atoms with van der Waals surface area (Å²) in [7, 11) is 1.63. The molecule has 5 rings (SSSR count). The minimum absolute atomic E-state index is 0.0755. The van der Waals surface area contributed by atoms with E-state index in [-0.39, 0.29) is 17.9 Å². The number of hydrogen-bond donors (Lipinski definition) is 0. The molecule has 0 bridgehead atoms. The number of carbonyl (C=O) groups is 2. The molecule has 8 heteroatoms. The fourth-order valence-electron chi connectivity index (χ4n) is 5.49. The van der Waals surface area contributed by atoms with Crippen LogP contribution in [0.1, 0.15) is 67.3 Å². The number of methoxy groups -OCH3 is 1. The summed E-state index contributed by atoms with van der Waals surface area (Å²) < 4.78 is 5.12. The molecule has 176 valence electrons. The van der Waals surface area contributed by atoms with Gasteiger partial charge < -0.3 is 19.4 Å². The normalized spacial score (nSPS) is 22.7. The van der Waals surface area contributed by atoms with Gasteiger partial charge in [0.1, 0.15) is 11.9 Å². The number of aromatic nitrogens is 1. The molecule has 0 spiro atoms. The molecule has 4 aliphatic rings. The molecule has 33 heavy (non-hydrogen) atoms. The van der Waals surface area contributed by atoms with Gasteiger partial charge in [0, 0.05) is 52.7 Å². The van der Waals surface area contributed by atoms with Crippen LogP contribution >= 0.6 is 0 Å². The first-order valence-corrected chi connectivity index (χ1v) is 12.3. The van der Waals surface area contributed by atoms with Gasteiger partial charge >= 0.3 is 0 Å². The highest BCUT2D eigenvalue weighted by molar-refractivity contribution is 5.77. The summed E-state index contributed by atoms with van der Waals surface area (Å²) in [5.41, 5.74) is 3.95. The summed E-state index contributed by atoms with van der Waals surface area (Å²) >= 11 is 0. The second kappa shape index (κ2) is 8.94. The zero-order chi connectivity index (χ0) is 23.1. The van der Waals surface area contributed by atoms with Crippen molar-refractivity contribution in [3.8, 4) is 6.07 Å². The topological polar surface area (TPSA) is 89.8 Å². The Hall–Kier alpha value is -2.66. The molecule has 1 aromatic heterocycles. The molecular weight excluding hydrogens is 418 g/mol. The summed E-state index contributed by atoms with van der Waals surface area (Å²) in [4.78, 5) is 36.1. The standard InChI is InChI=1S/C25H33N5O3/c1-16(31)28-9-7-19-20(13-26)25(27-24(18-5-6-18)21(19)14-28)29-10-11-30(23(32)8-12-33-2)22(15-29)17-3-4-17/h17-18,22H,3-12,14-15H2,1-2H3/t22-/m0/s1. The molecule has 1 atom stereocenters. The molecule has 1 aromatic rings. The Morgan fingerprint density at radius 1 is 1.15 bits per heavy atom. The molecule has 3 fully saturated rings. The monoisotopic (exact) mass is 451 g/mol. The van der Waals surface area contributed by atoms with Crippen LogP contribution in [0.3, 0.4) is 0 Å². The summed E-state index contributed by atoms with van der Waals surface area (Å²) in [5.74, 6) is 2.01. The summed E-state index contributed by atoms with van der Waals surface area (Å²) in [6, 6.07) is 2.64. The van der Waals surface area contributed by atoms with Crippen molar-refractivity contribution >= 4 is 17.6 Å². The highest BCUT2D eigenvalue weighted by Gasteiger charge is 2.42. The van der Waals surface area contributed by atoms with Gasteiger partial charge in [0.15, 0.2) is 0 Å². The van der Waals surface area contributed by atoms with E-state index >= 15 is 0 Å². The predicted octanol–water partition coefficient (Wildman–Crippen LogP) is 2.20. The van der Waals surface area contributed by atoms with E-state index in [1.165, 1.54) is 0 Å². The Labute approximate surface area is 195 Å². The predicted molar refractivity (Wildman–Crippen MR) is 123 cm³/mol. The van der Waals surface area contributed by atoms with Gasteiger partial charge in [0.05, 0.1) is 30.3 Å². The second-order valence-corrected chi connectivity index (χ2v) is 9.91. The van der Waals surface area contributed by atoms with Gasteiger partial charge in [0.25, 0.3) is 0 Å². The van der Waals surface area contributed by atoms with Gasteiger partial charge in [-0.25, -0.2) is 4.98 Å². The molecule has 0 aromatic carbocycles.